The van der Waals surface area contributed by atoms with Crippen LogP contribution in [0.15, 0.2) is 60.8 Å². The summed E-state index contributed by atoms with van der Waals surface area (Å²) in [5.41, 5.74) is 2.86. The first kappa shape index (κ1) is 20.8. The predicted octanol–water partition coefficient (Wildman–Crippen LogP) is 5.56. The molecule has 0 aliphatic carbocycles. The number of hydrogen-bond acceptors (Lipinski definition) is 3. The van der Waals surface area contributed by atoms with E-state index in [4.69, 9.17) is 23.2 Å². The van der Waals surface area contributed by atoms with Crippen LogP contribution < -0.4 is 10.2 Å². The van der Waals surface area contributed by atoms with Gasteiger partial charge in [0.2, 0.25) is 11.8 Å². The van der Waals surface area contributed by atoms with Gasteiger partial charge in [-0.05, 0) is 42.8 Å². The zero-order chi connectivity index (χ0) is 21.0. The molecule has 0 radical (unpaired) electrons. The highest BCUT2D eigenvalue weighted by atomic mass is 35.5. The van der Waals surface area contributed by atoms with E-state index in [0.29, 0.717) is 32.8 Å². The lowest BCUT2D eigenvalue weighted by Gasteiger charge is -2.21. The number of hydrogen-bond donors (Lipinski definition) is 1. The van der Waals surface area contributed by atoms with E-state index < -0.39 is 0 Å². The smallest absolute Gasteiger partial charge is 0.229 e. The molecule has 2 amide bonds. The van der Waals surface area contributed by atoms with Crippen LogP contribution in [0.5, 0.6) is 0 Å². The first-order valence-electron chi connectivity index (χ1n) is 8.91. The molecule has 0 aliphatic heterocycles. The van der Waals surface area contributed by atoms with Crippen LogP contribution in [0.2, 0.25) is 10.0 Å². The molecule has 148 valence electrons. The number of amides is 2. The highest BCUT2D eigenvalue weighted by Gasteiger charge is 2.17. The molecule has 3 rings (SSSR count). The summed E-state index contributed by atoms with van der Waals surface area (Å²) >= 11 is 12.3. The number of aromatic nitrogens is 1. The Hall–Kier alpha value is -2.89. The molecule has 1 heterocycles. The number of rotatable bonds is 5. The van der Waals surface area contributed by atoms with E-state index in [9.17, 15) is 9.59 Å². The van der Waals surface area contributed by atoms with Crippen molar-refractivity contribution in [1.82, 2.24) is 4.98 Å². The summed E-state index contributed by atoms with van der Waals surface area (Å²) in [6, 6.07) is 15.9. The van der Waals surface area contributed by atoms with Crippen LogP contribution in [-0.2, 0) is 16.0 Å². The molecule has 0 spiro atoms. The molecule has 29 heavy (non-hydrogen) atoms. The van der Waals surface area contributed by atoms with E-state index in [1.165, 1.54) is 18.0 Å². The summed E-state index contributed by atoms with van der Waals surface area (Å²) in [5, 5.41) is 3.68. The lowest BCUT2D eigenvalue weighted by molar-refractivity contribution is -0.116. The van der Waals surface area contributed by atoms with Crippen LogP contribution in [0.3, 0.4) is 0 Å². The number of aryl methyl sites for hydroxylation is 1. The minimum absolute atomic E-state index is 0.0323. The Bertz CT molecular complexity index is 1030. The fraction of sp³-hybridized carbons (Fsp3) is 0.136. The zero-order valence-corrected chi connectivity index (χ0v) is 17.5. The Labute approximate surface area is 179 Å². The molecule has 3 aromatic rings. The number of anilines is 3. The second kappa shape index (κ2) is 9.07. The molecule has 0 bridgehead atoms. The standard InChI is InChI=1S/C22H19Cl2N3O2/c1-14-6-8-17(9-7-14)27(15(2)28)21-12-16(10-11-25-21)26-22(29)13-18-19(23)4-3-5-20(18)24/h3-12H,13H2,1-2H3,(H,25,26,29). The summed E-state index contributed by atoms with van der Waals surface area (Å²) in [6.07, 6.45) is 1.57. The van der Waals surface area contributed by atoms with Gasteiger partial charge in [0.25, 0.3) is 0 Å². The van der Waals surface area contributed by atoms with Crippen molar-refractivity contribution in [2.24, 2.45) is 0 Å². The van der Waals surface area contributed by atoms with Gasteiger partial charge in [-0.3, -0.25) is 14.5 Å². The topological polar surface area (TPSA) is 62.3 Å². The molecular weight excluding hydrogens is 409 g/mol. The molecule has 2 aromatic carbocycles. The van der Waals surface area contributed by atoms with Crippen LogP contribution in [0.4, 0.5) is 17.2 Å². The van der Waals surface area contributed by atoms with Gasteiger partial charge in [0, 0.05) is 34.9 Å². The predicted molar refractivity (Wildman–Crippen MR) is 117 cm³/mol. The summed E-state index contributed by atoms with van der Waals surface area (Å²) in [5.74, 6) is -0.0514. The van der Waals surface area contributed by atoms with Crippen molar-refractivity contribution in [3.05, 3.63) is 82.0 Å². The molecule has 5 nitrogen and oxygen atoms in total. The van der Waals surface area contributed by atoms with Crippen molar-refractivity contribution in [2.75, 3.05) is 10.2 Å². The minimum atomic E-state index is -0.276. The van der Waals surface area contributed by atoms with Crippen molar-refractivity contribution < 1.29 is 9.59 Å². The fourth-order valence-corrected chi connectivity index (χ4v) is 3.39. The van der Waals surface area contributed by atoms with Gasteiger partial charge >= 0.3 is 0 Å². The summed E-state index contributed by atoms with van der Waals surface area (Å²) in [7, 11) is 0. The maximum absolute atomic E-state index is 12.5. The van der Waals surface area contributed by atoms with Gasteiger partial charge in [-0.25, -0.2) is 4.98 Å². The van der Waals surface area contributed by atoms with Crippen LogP contribution >= 0.6 is 23.2 Å². The molecule has 0 saturated carbocycles. The van der Waals surface area contributed by atoms with E-state index in [1.807, 2.05) is 31.2 Å². The maximum atomic E-state index is 12.5. The highest BCUT2D eigenvalue weighted by molar-refractivity contribution is 6.36. The molecule has 0 atom stereocenters. The average Bonchev–Trinajstić information content (AvgIpc) is 2.67. The first-order chi connectivity index (χ1) is 13.8. The van der Waals surface area contributed by atoms with Crippen LogP contribution in [-0.4, -0.2) is 16.8 Å². The molecular formula is C22H19Cl2N3O2. The van der Waals surface area contributed by atoms with Gasteiger partial charge in [-0.2, -0.15) is 0 Å². The summed E-state index contributed by atoms with van der Waals surface area (Å²) in [4.78, 5) is 30.5. The van der Waals surface area contributed by atoms with Crippen molar-refractivity contribution >= 4 is 52.2 Å². The third-order valence-electron chi connectivity index (χ3n) is 4.26. The number of carbonyl (C=O) groups excluding carboxylic acids is 2. The van der Waals surface area contributed by atoms with Crippen molar-refractivity contribution in [3.8, 4) is 0 Å². The van der Waals surface area contributed by atoms with E-state index >= 15 is 0 Å². The van der Waals surface area contributed by atoms with Gasteiger partial charge in [-0.15, -0.1) is 0 Å². The summed E-state index contributed by atoms with van der Waals surface area (Å²) in [6.45, 7) is 3.44. The quantitative estimate of drug-likeness (QED) is 0.579. The molecule has 0 aliphatic rings. The Morgan fingerprint density at radius 2 is 1.69 bits per heavy atom. The van der Waals surface area contributed by atoms with E-state index in [1.54, 1.807) is 30.3 Å². The SMILES string of the molecule is CC(=O)N(c1ccc(C)cc1)c1cc(NC(=O)Cc2c(Cl)cccc2Cl)ccn1. The van der Waals surface area contributed by atoms with Crippen molar-refractivity contribution in [2.45, 2.75) is 20.3 Å². The fourth-order valence-electron chi connectivity index (χ4n) is 2.85. The number of halogens is 2. The lowest BCUT2D eigenvalue weighted by atomic mass is 10.1. The van der Waals surface area contributed by atoms with Gasteiger partial charge in [0.1, 0.15) is 5.82 Å². The molecule has 0 saturated heterocycles. The van der Waals surface area contributed by atoms with E-state index in [0.717, 1.165) is 5.56 Å². The zero-order valence-electron chi connectivity index (χ0n) is 15.9. The van der Waals surface area contributed by atoms with Gasteiger partial charge in [0.05, 0.1) is 12.1 Å². The Morgan fingerprint density at radius 3 is 2.31 bits per heavy atom. The lowest BCUT2D eigenvalue weighted by Crippen LogP contribution is -2.24. The van der Waals surface area contributed by atoms with Gasteiger partial charge in [-0.1, -0.05) is 47.0 Å². The van der Waals surface area contributed by atoms with Crippen molar-refractivity contribution in [3.63, 3.8) is 0 Å². The largest absolute Gasteiger partial charge is 0.326 e. The summed E-state index contributed by atoms with van der Waals surface area (Å²) < 4.78 is 0. The average molecular weight is 428 g/mol. The number of nitrogens with zero attached hydrogens (tertiary/aromatic N) is 2. The number of nitrogens with one attached hydrogen (secondary N) is 1. The van der Waals surface area contributed by atoms with E-state index in [2.05, 4.69) is 10.3 Å². The monoisotopic (exact) mass is 427 g/mol. The number of pyridine rings is 1. The first-order valence-corrected chi connectivity index (χ1v) is 9.67. The third-order valence-corrected chi connectivity index (χ3v) is 4.97. The second-order valence-corrected chi connectivity index (χ2v) is 7.33. The third kappa shape index (κ3) is 5.13. The van der Waals surface area contributed by atoms with E-state index in [-0.39, 0.29) is 18.2 Å². The van der Waals surface area contributed by atoms with Crippen LogP contribution in [0.25, 0.3) is 0 Å². The highest BCUT2D eigenvalue weighted by Crippen LogP contribution is 2.27. The molecule has 0 fully saturated rings. The van der Waals surface area contributed by atoms with Gasteiger partial charge < -0.3 is 5.32 Å². The minimum Gasteiger partial charge on any atom is -0.326 e. The maximum Gasteiger partial charge on any atom is 0.229 e. The Kier molecular flexibility index (Phi) is 6.52. The molecule has 7 heteroatoms. The van der Waals surface area contributed by atoms with Crippen LogP contribution in [0.1, 0.15) is 18.1 Å². The second-order valence-electron chi connectivity index (χ2n) is 6.52. The Balaban J connectivity index is 1.82. The number of benzene rings is 2. The van der Waals surface area contributed by atoms with Gasteiger partial charge in [0.15, 0.2) is 0 Å². The molecule has 1 aromatic heterocycles. The normalized spacial score (nSPS) is 10.5. The molecule has 0 unspecified atom stereocenters. The number of carbonyl (C=O) groups is 2. The molecule has 1 N–H and O–H groups in total. The van der Waals surface area contributed by atoms with Crippen molar-refractivity contribution in [1.29, 1.82) is 0 Å². The van der Waals surface area contributed by atoms with Crippen LogP contribution in [0, 0.1) is 6.92 Å². The Morgan fingerprint density at radius 1 is 1.03 bits per heavy atom.